The largest absolute Gasteiger partial charge is 0.394 e. The molecule has 1 aliphatic heterocycles. The van der Waals surface area contributed by atoms with Crippen LogP contribution < -0.4 is 0 Å². The van der Waals surface area contributed by atoms with Gasteiger partial charge in [0.2, 0.25) is 10.0 Å². The average molecular weight is 247 g/mol. The Morgan fingerprint density at radius 1 is 1.38 bits per heavy atom. The van der Waals surface area contributed by atoms with Crippen LogP contribution in [0.3, 0.4) is 0 Å². The van der Waals surface area contributed by atoms with E-state index in [-0.39, 0.29) is 12.4 Å². The highest BCUT2D eigenvalue weighted by molar-refractivity contribution is 7.89. The van der Waals surface area contributed by atoms with Gasteiger partial charge in [-0.05, 0) is 38.0 Å². The lowest BCUT2D eigenvalue weighted by molar-refractivity contribution is 0.0491. The third kappa shape index (κ3) is 2.00. The van der Waals surface area contributed by atoms with Gasteiger partial charge < -0.3 is 5.11 Å². The van der Waals surface area contributed by atoms with Gasteiger partial charge in [-0.3, -0.25) is 0 Å². The first kappa shape index (κ1) is 12.3. The lowest BCUT2D eigenvalue weighted by atomic mass is 9.77. The molecule has 4 nitrogen and oxygen atoms in total. The van der Waals surface area contributed by atoms with Crippen LogP contribution in [0.4, 0.5) is 0 Å². The molecule has 94 valence electrons. The van der Waals surface area contributed by atoms with Gasteiger partial charge in [0.1, 0.15) is 0 Å². The molecule has 0 aromatic rings. The van der Waals surface area contributed by atoms with Gasteiger partial charge in [0.25, 0.3) is 0 Å². The second-order valence-corrected chi connectivity index (χ2v) is 7.32. The van der Waals surface area contributed by atoms with Crippen LogP contribution in [0, 0.1) is 5.92 Å². The molecule has 16 heavy (non-hydrogen) atoms. The van der Waals surface area contributed by atoms with E-state index in [1.54, 1.807) is 4.31 Å². The smallest absolute Gasteiger partial charge is 0.214 e. The Kier molecular flexibility index (Phi) is 3.29. The zero-order valence-electron chi connectivity index (χ0n) is 9.85. The van der Waals surface area contributed by atoms with Crippen LogP contribution in [-0.2, 0) is 10.0 Å². The van der Waals surface area contributed by atoms with Crippen molar-refractivity contribution >= 4 is 10.0 Å². The Balaban J connectivity index is 2.22. The van der Waals surface area contributed by atoms with Gasteiger partial charge in [0.05, 0.1) is 17.9 Å². The van der Waals surface area contributed by atoms with Crippen molar-refractivity contribution in [1.82, 2.24) is 4.31 Å². The first-order valence-electron chi connectivity index (χ1n) is 6.12. The van der Waals surface area contributed by atoms with Gasteiger partial charge >= 0.3 is 0 Å². The van der Waals surface area contributed by atoms with E-state index in [1.807, 2.05) is 0 Å². The maximum atomic E-state index is 11.9. The summed E-state index contributed by atoms with van der Waals surface area (Å²) in [6, 6.07) is 0. The molecule has 5 heteroatoms. The van der Waals surface area contributed by atoms with Crippen LogP contribution in [0.5, 0.6) is 0 Å². The summed E-state index contributed by atoms with van der Waals surface area (Å²) in [7, 11) is -3.10. The molecule has 0 spiro atoms. The summed E-state index contributed by atoms with van der Waals surface area (Å²) in [6.45, 7) is 2.76. The third-order valence-corrected chi connectivity index (χ3v) is 6.17. The van der Waals surface area contributed by atoms with E-state index in [9.17, 15) is 13.5 Å². The molecular weight excluding hydrogens is 226 g/mol. The predicted molar refractivity (Wildman–Crippen MR) is 62.6 cm³/mol. The Labute approximate surface area is 97.7 Å². The highest BCUT2D eigenvalue weighted by atomic mass is 32.2. The van der Waals surface area contributed by atoms with Gasteiger partial charge in [-0.15, -0.1) is 0 Å². The van der Waals surface area contributed by atoms with Crippen molar-refractivity contribution in [2.45, 2.75) is 44.6 Å². The standard InChI is InChI=1S/C11H21NO3S/c1-10-3-5-11(9-13,6-4-10)12-7-2-8-16(12,14)15/h10,13H,2-9H2,1H3. The fourth-order valence-corrected chi connectivity index (χ4v) is 4.91. The Morgan fingerprint density at radius 3 is 2.44 bits per heavy atom. The van der Waals surface area contributed by atoms with Crippen molar-refractivity contribution < 1.29 is 13.5 Å². The summed E-state index contributed by atoms with van der Waals surface area (Å²) >= 11 is 0. The zero-order chi connectivity index (χ0) is 11.8. The van der Waals surface area contributed by atoms with E-state index in [0.717, 1.165) is 25.7 Å². The van der Waals surface area contributed by atoms with Gasteiger partial charge in [-0.25, -0.2) is 8.42 Å². The molecule has 1 saturated heterocycles. The molecule has 0 amide bonds. The molecule has 0 atom stereocenters. The molecule has 1 N–H and O–H groups in total. The van der Waals surface area contributed by atoms with Crippen molar-refractivity contribution in [3.63, 3.8) is 0 Å². The van der Waals surface area contributed by atoms with Crippen molar-refractivity contribution in [2.24, 2.45) is 5.92 Å². The Hall–Kier alpha value is -0.130. The van der Waals surface area contributed by atoms with Gasteiger partial charge in [0, 0.05) is 6.54 Å². The van der Waals surface area contributed by atoms with Gasteiger partial charge in [0.15, 0.2) is 0 Å². The molecular formula is C11H21NO3S. The topological polar surface area (TPSA) is 57.6 Å². The molecule has 0 aromatic carbocycles. The van der Waals surface area contributed by atoms with Crippen LogP contribution >= 0.6 is 0 Å². The minimum Gasteiger partial charge on any atom is -0.394 e. The molecule has 2 aliphatic rings. The summed E-state index contributed by atoms with van der Waals surface area (Å²) in [5.74, 6) is 0.912. The van der Waals surface area contributed by atoms with Gasteiger partial charge in [-0.1, -0.05) is 6.92 Å². The molecule has 0 radical (unpaired) electrons. The lowest BCUT2D eigenvalue weighted by Gasteiger charge is -2.43. The Morgan fingerprint density at radius 2 is 2.00 bits per heavy atom. The van der Waals surface area contributed by atoms with E-state index in [0.29, 0.717) is 18.9 Å². The van der Waals surface area contributed by atoms with Crippen LogP contribution in [0.25, 0.3) is 0 Å². The molecule has 1 saturated carbocycles. The average Bonchev–Trinajstić information content (AvgIpc) is 2.61. The normalized spacial score (nSPS) is 40.0. The summed E-state index contributed by atoms with van der Waals surface area (Å²) < 4.78 is 25.4. The SMILES string of the molecule is CC1CCC(CO)(N2CCCS2(=O)=O)CC1. The minimum atomic E-state index is -3.10. The number of aliphatic hydroxyl groups excluding tert-OH is 1. The number of rotatable bonds is 2. The first-order chi connectivity index (χ1) is 7.50. The minimum absolute atomic E-state index is 0.0288. The van der Waals surface area contributed by atoms with E-state index >= 15 is 0 Å². The molecule has 0 unspecified atom stereocenters. The second-order valence-electron chi connectivity index (χ2n) is 5.31. The van der Waals surface area contributed by atoms with E-state index in [2.05, 4.69) is 6.92 Å². The summed E-state index contributed by atoms with van der Waals surface area (Å²) in [5, 5.41) is 9.61. The van der Waals surface area contributed by atoms with Crippen LogP contribution in [0.2, 0.25) is 0 Å². The molecule has 2 fully saturated rings. The number of sulfonamides is 1. The molecule has 0 bridgehead atoms. The quantitative estimate of drug-likeness (QED) is 0.791. The van der Waals surface area contributed by atoms with Crippen molar-refractivity contribution in [3.05, 3.63) is 0 Å². The second kappa shape index (κ2) is 4.27. The summed E-state index contributed by atoms with van der Waals surface area (Å²) in [4.78, 5) is 0. The van der Waals surface area contributed by atoms with E-state index in [4.69, 9.17) is 0 Å². The number of hydrogen-bond acceptors (Lipinski definition) is 3. The van der Waals surface area contributed by atoms with Crippen LogP contribution in [0.15, 0.2) is 0 Å². The highest BCUT2D eigenvalue weighted by Gasteiger charge is 2.46. The number of nitrogens with zero attached hydrogens (tertiary/aromatic N) is 1. The summed E-state index contributed by atoms with van der Waals surface area (Å²) in [5.41, 5.74) is -0.484. The highest BCUT2D eigenvalue weighted by Crippen LogP contribution is 2.39. The van der Waals surface area contributed by atoms with Crippen molar-refractivity contribution in [1.29, 1.82) is 0 Å². The number of aliphatic hydroxyl groups is 1. The Bertz CT molecular complexity index is 344. The maximum Gasteiger partial charge on any atom is 0.214 e. The van der Waals surface area contributed by atoms with Crippen molar-refractivity contribution in [2.75, 3.05) is 18.9 Å². The van der Waals surface area contributed by atoms with E-state index < -0.39 is 15.6 Å². The molecule has 0 aromatic heterocycles. The maximum absolute atomic E-state index is 11.9. The molecule has 2 rings (SSSR count). The van der Waals surface area contributed by atoms with E-state index in [1.165, 1.54) is 0 Å². The zero-order valence-corrected chi connectivity index (χ0v) is 10.7. The number of hydrogen-bond donors (Lipinski definition) is 1. The molecule has 1 heterocycles. The fraction of sp³-hybridized carbons (Fsp3) is 1.00. The summed E-state index contributed by atoms with van der Waals surface area (Å²) in [6.07, 6.45) is 4.37. The van der Waals surface area contributed by atoms with Crippen LogP contribution in [0.1, 0.15) is 39.0 Å². The van der Waals surface area contributed by atoms with Gasteiger partial charge in [-0.2, -0.15) is 4.31 Å². The first-order valence-corrected chi connectivity index (χ1v) is 7.72. The lowest BCUT2D eigenvalue weighted by Crippen LogP contribution is -2.54. The van der Waals surface area contributed by atoms with Crippen LogP contribution in [-0.4, -0.2) is 42.3 Å². The monoisotopic (exact) mass is 247 g/mol. The fourth-order valence-electron chi connectivity index (χ4n) is 2.96. The predicted octanol–water partition coefficient (Wildman–Crippen LogP) is 0.963. The van der Waals surface area contributed by atoms with Crippen molar-refractivity contribution in [3.8, 4) is 0 Å². The third-order valence-electron chi connectivity index (χ3n) is 4.13. The molecule has 1 aliphatic carbocycles.